The number of aromatic nitrogens is 1. The Morgan fingerprint density at radius 3 is 2.84 bits per heavy atom. The average Bonchev–Trinajstić information content (AvgIpc) is 2.78. The summed E-state index contributed by atoms with van der Waals surface area (Å²) >= 11 is 8.27. The van der Waals surface area contributed by atoms with Gasteiger partial charge in [-0.3, -0.25) is 5.43 Å². The second-order valence-corrected chi connectivity index (χ2v) is 6.02. The van der Waals surface area contributed by atoms with E-state index >= 15 is 0 Å². The van der Waals surface area contributed by atoms with E-state index in [4.69, 9.17) is 10.5 Å². The fourth-order valence-corrected chi connectivity index (χ4v) is 3.10. The number of nitrogens with zero attached hydrogens (tertiary/aromatic N) is 2. The van der Waals surface area contributed by atoms with Gasteiger partial charge in [0.05, 0.1) is 17.8 Å². The predicted molar refractivity (Wildman–Crippen MR) is 86.1 cm³/mol. The molecular weight excluding hydrogens is 396 g/mol. The van der Waals surface area contributed by atoms with Crippen LogP contribution in [0.15, 0.2) is 31.6 Å². The lowest BCUT2D eigenvalue weighted by Crippen LogP contribution is -1.93. The Kier molecular flexibility index (Phi) is 4.78. The minimum atomic E-state index is 0.481. The monoisotopic (exact) mass is 404 g/mol. The summed E-state index contributed by atoms with van der Waals surface area (Å²) in [6.07, 6.45) is 1.68. The highest BCUT2D eigenvalue weighted by molar-refractivity contribution is 9.11. The van der Waals surface area contributed by atoms with Crippen LogP contribution in [0.1, 0.15) is 5.56 Å². The summed E-state index contributed by atoms with van der Waals surface area (Å²) in [6.45, 7) is 0. The van der Waals surface area contributed by atoms with Crippen LogP contribution in [0.5, 0.6) is 5.75 Å². The second-order valence-electron chi connectivity index (χ2n) is 3.46. The Hall–Kier alpha value is -1.12. The van der Waals surface area contributed by atoms with E-state index in [-0.39, 0.29) is 0 Å². The van der Waals surface area contributed by atoms with Gasteiger partial charge in [0.2, 0.25) is 5.13 Å². The molecule has 1 heterocycles. The van der Waals surface area contributed by atoms with Crippen LogP contribution >= 0.6 is 43.2 Å². The highest BCUT2D eigenvalue weighted by Gasteiger charge is 2.05. The summed E-state index contributed by atoms with van der Waals surface area (Å²) in [7, 11) is 1.62. The largest absolute Gasteiger partial charge is 0.496 e. The van der Waals surface area contributed by atoms with Crippen LogP contribution in [-0.2, 0) is 0 Å². The van der Waals surface area contributed by atoms with Crippen LogP contribution in [0.3, 0.4) is 0 Å². The first-order valence-corrected chi connectivity index (χ1v) is 7.60. The number of thiazole rings is 1. The van der Waals surface area contributed by atoms with Crippen LogP contribution in [-0.4, -0.2) is 18.3 Å². The zero-order chi connectivity index (χ0) is 13.8. The molecule has 19 heavy (non-hydrogen) atoms. The van der Waals surface area contributed by atoms with Gasteiger partial charge in [0.1, 0.15) is 11.6 Å². The summed E-state index contributed by atoms with van der Waals surface area (Å²) in [4.78, 5) is 4.04. The Labute approximate surface area is 131 Å². The van der Waals surface area contributed by atoms with E-state index in [9.17, 15) is 0 Å². The van der Waals surface area contributed by atoms with E-state index in [1.807, 2.05) is 12.1 Å². The van der Waals surface area contributed by atoms with Crippen molar-refractivity contribution in [3.05, 3.63) is 32.0 Å². The first-order chi connectivity index (χ1) is 9.10. The third kappa shape index (κ3) is 3.68. The van der Waals surface area contributed by atoms with Gasteiger partial charge >= 0.3 is 0 Å². The Bertz CT molecular complexity index is 615. The molecule has 1 aromatic carbocycles. The van der Waals surface area contributed by atoms with E-state index in [2.05, 4.69) is 47.4 Å². The Morgan fingerprint density at radius 2 is 2.21 bits per heavy atom. The highest BCUT2D eigenvalue weighted by Crippen LogP contribution is 2.30. The molecular formula is C11H10Br2N4OS. The number of methoxy groups -OCH3 is 1. The first-order valence-electron chi connectivity index (χ1n) is 5.13. The molecule has 1 aromatic heterocycles. The van der Waals surface area contributed by atoms with Crippen molar-refractivity contribution in [2.75, 3.05) is 18.3 Å². The molecule has 3 N–H and O–H groups in total. The predicted octanol–water partition coefficient (Wildman–Crippen LogP) is 3.70. The lowest BCUT2D eigenvalue weighted by atomic mass is 10.2. The zero-order valence-corrected chi connectivity index (χ0v) is 13.8. The van der Waals surface area contributed by atoms with Crippen LogP contribution in [0.2, 0.25) is 0 Å². The van der Waals surface area contributed by atoms with Crippen molar-refractivity contribution in [1.29, 1.82) is 0 Å². The number of hydrogen-bond acceptors (Lipinski definition) is 6. The molecule has 0 aliphatic rings. The van der Waals surface area contributed by atoms with Crippen LogP contribution < -0.4 is 15.9 Å². The average molecular weight is 406 g/mol. The SMILES string of the molecule is COc1cc(C=NNc2nc(N)cs2)c(Br)cc1Br. The first kappa shape index (κ1) is 14.3. The molecule has 5 nitrogen and oxygen atoms in total. The molecule has 2 aromatic rings. The van der Waals surface area contributed by atoms with Gasteiger partial charge in [-0.25, -0.2) is 4.98 Å². The highest BCUT2D eigenvalue weighted by atomic mass is 79.9. The van der Waals surface area contributed by atoms with Crippen molar-refractivity contribution >= 4 is 60.4 Å². The number of benzene rings is 1. The normalized spacial score (nSPS) is 10.9. The van der Waals surface area contributed by atoms with E-state index < -0.39 is 0 Å². The molecule has 0 atom stereocenters. The molecule has 8 heteroatoms. The standard InChI is InChI=1S/C11H10Br2N4OS/c1-18-9-2-6(7(12)3-8(9)13)4-15-17-11-16-10(14)5-19-11/h2-5H,14H2,1H3,(H,16,17). The van der Waals surface area contributed by atoms with E-state index in [0.29, 0.717) is 10.9 Å². The van der Waals surface area contributed by atoms with Crippen molar-refractivity contribution in [2.24, 2.45) is 5.10 Å². The number of nitrogens with one attached hydrogen (secondary N) is 1. The molecule has 0 unspecified atom stereocenters. The molecule has 0 saturated heterocycles. The fraction of sp³-hybridized carbons (Fsp3) is 0.0909. The van der Waals surface area contributed by atoms with Crippen molar-refractivity contribution < 1.29 is 4.74 Å². The molecule has 0 aliphatic heterocycles. The Balaban J connectivity index is 2.14. The minimum absolute atomic E-state index is 0.481. The number of ether oxygens (including phenoxy) is 1. The van der Waals surface area contributed by atoms with E-state index in [1.54, 1.807) is 18.7 Å². The lowest BCUT2D eigenvalue weighted by Gasteiger charge is -2.06. The number of hydrogen-bond donors (Lipinski definition) is 2. The van der Waals surface area contributed by atoms with E-state index in [0.717, 1.165) is 20.3 Å². The van der Waals surface area contributed by atoms with Gasteiger partial charge in [-0.15, -0.1) is 11.3 Å². The molecule has 0 amide bonds. The van der Waals surface area contributed by atoms with Gasteiger partial charge in [0.25, 0.3) is 0 Å². The van der Waals surface area contributed by atoms with Gasteiger partial charge in [-0.05, 0) is 28.1 Å². The van der Waals surface area contributed by atoms with Crippen molar-refractivity contribution in [1.82, 2.24) is 4.98 Å². The van der Waals surface area contributed by atoms with Gasteiger partial charge in [-0.2, -0.15) is 5.10 Å². The third-order valence-electron chi connectivity index (χ3n) is 2.16. The maximum absolute atomic E-state index is 5.52. The van der Waals surface area contributed by atoms with Gasteiger partial charge in [0.15, 0.2) is 0 Å². The van der Waals surface area contributed by atoms with Crippen LogP contribution in [0, 0.1) is 0 Å². The van der Waals surface area contributed by atoms with Crippen molar-refractivity contribution in [3.63, 3.8) is 0 Å². The van der Waals surface area contributed by atoms with Crippen LogP contribution in [0.4, 0.5) is 10.9 Å². The van der Waals surface area contributed by atoms with Crippen LogP contribution in [0.25, 0.3) is 0 Å². The summed E-state index contributed by atoms with van der Waals surface area (Å²) in [6, 6.07) is 3.77. The van der Waals surface area contributed by atoms with Gasteiger partial charge in [0, 0.05) is 15.4 Å². The Morgan fingerprint density at radius 1 is 1.42 bits per heavy atom. The quantitative estimate of drug-likeness (QED) is 0.600. The fourth-order valence-electron chi connectivity index (χ4n) is 1.29. The summed E-state index contributed by atoms with van der Waals surface area (Å²) in [5.74, 6) is 1.22. The topological polar surface area (TPSA) is 72.5 Å². The van der Waals surface area contributed by atoms with Gasteiger partial charge < -0.3 is 10.5 Å². The number of nitrogen functional groups attached to an aromatic ring is 1. The molecule has 0 bridgehead atoms. The van der Waals surface area contributed by atoms with Gasteiger partial charge in [-0.1, -0.05) is 15.9 Å². The lowest BCUT2D eigenvalue weighted by molar-refractivity contribution is 0.412. The molecule has 0 aliphatic carbocycles. The molecule has 0 spiro atoms. The number of anilines is 2. The molecule has 100 valence electrons. The van der Waals surface area contributed by atoms with Crippen molar-refractivity contribution in [3.8, 4) is 5.75 Å². The molecule has 2 rings (SSSR count). The second kappa shape index (κ2) is 6.36. The maximum atomic E-state index is 5.52. The smallest absolute Gasteiger partial charge is 0.205 e. The third-order valence-corrected chi connectivity index (χ3v) is 4.23. The summed E-state index contributed by atoms with van der Waals surface area (Å²) < 4.78 is 7.01. The zero-order valence-electron chi connectivity index (χ0n) is 9.85. The number of rotatable bonds is 4. The number of hydrazone groups is 1. The summed E-state index contributed by atoms with van der Waals surface area (Å²) in [5.41, 5.74) is 9.22. The number of halogens is 2. The molecule has 0 radical (unpaired) electrons. The number of nitrogens with two attached hydrogens (primary N) is 1. The maximum Gasteiger partial charge on any atom is 0.205 e. The molecule has 0 saturated carbocycles. The summed E-state index contributed by atoms with van der Waals surface area (Å²) in [5, 5.41) is 6.50. The molecule has 0 fully saturated rings. The van der Waals surface area contributed by atoms with Crippen molar-refractivity contribution in [2.45, 2.75) is 0 Å². The minimum Gasteiger partial charge on any atom is -0.496 e. The van der Waals surface area contributed by atoms with E-state index in [1.165, 1.54) is 11.3 Å².